The quantitative estimate of drug-likeness (QED) is 0.883. The van der Waals surface area contributed by atoms with Gasteiger partial charge in [0.25, 0.3) is 0 Å². The van der Waals surface area contributed by atoms with E-state index in [-0.39, 0.29) is 0 Å². The predicted molar refractivity (Wildman–Crippen MR) is 80.0 cm³/mol. The van der Waals surface area contributed by atoms with Gasteiger partial charge >= 0.3 is 0 Å². The van der Waals surface area contributed by atoms with E-state index in [2.05, 4.69) is 48.1 Å². The monoisotopic (exact) mass is 261 g/mol. The molecule has 106 valence electrons. The standard InChI is InChI=1S/C16H27N3/c1-4-8-18-16-7-11-19(14(3)13(16)2)12-15-5-9-17-10-6-15/h5-6,9-10,13-14,16,18H,4,7-8,11-12H2,1-3H3. The molecule has 0 aromatic carbocycles. The fourth-order valence-electron chi connectivity index (χ4n) is 3.00. The number of likely N-dealkylation sites (tertiary alicyclic amines) is 1. The molecule has 19 heavy (non-hydrogen) atoms. The van der Waals surface area contributed by atoms with Gasteiger partial charge < -0.3 is 5.32 Å². The summed E-state index contributed by atoms with van der Waals surface area (Å²) in [6.07, 6.45) is 6.26. The Bertz CT molecular complexity index is 366. The van der Waals surface area contributed by atoms with E-state index in [0.717, 1.165) is 13.1 Å². The maximum atomic E-state index is 4.09. The molecule has 3 nitrogen and oxygen atoms in total. The molecule has 0 bridgehead atoms. The molecule has 3 atom stereocenters. The molecule has 3 heteroatoms. The number of nitrogens with one attached hydrogen (secondary N) is 1. The molecule has 2 rings (SSSR count). The zero-order chi connectivity index (χ0) is 13.7. The van der Waals surface area contributed by atoms with Crippen molar-refractivity contribution < 1.29 is 0 Å². The summed E-state index contributed by atoms with van der Waals surface area (Å²) in [5.74, 6) is 0.710. The second kappa shape index (κ2) is 7.01. The van der Waals surface area contributed by atoms with Crippen molar-refractivity contribution >= 4 is 0 Å². The van der Waals surface area contributed by atoms with E-state index in [9.17, 15) is 0 Å². The van der Waals surface area contributed by atoms with Crippen LogP contribution < -0.4 is 5.32 Å². The summed E-state index contributed by atoms with van der Waals surface area (Å²) in [5.41, 5.74) is 1.37. The Hall–Kier alpha value is -0.930. The fraction of sp³-hybridized carbons (Fsp3) is 0.688. The minimum atomic E-state index is 0.635. The number of aromatic nitrogens is 1. The third-order valence-electron chi connectivity index (χ3n) is 4.49. The molecule has 0 amide bonds. The molecular formula is C16H27N3. The van der Waals surface area contributed by atoms with E-state index in [0.29, 0.717) is 18.0 Å². The number of pyridine rings is 1. The summed E-state index contributed by atoms with van der Waals surface area (Å²) < 4.78 is 0. The van der Waals surface area contributed by atoms with Gasteiger partial charge in [0.05, 0.1) is 0 Å². The van der Waals surface area contributed by atoms with Crippen molar-refractivity contribution in [2.75, 3.05) is 13.1 Å². The Balaban J connectivity index is 1.91. The molecule has 0 spiro atoms. The van der Waals surface area contributed by atoms with Crippen LogP contribution >= 0.6 is 0 Å². The summed E-state index contributed by atoms with van der Waals surface area (Å²) in [5, 5.41) is 3.70. The maximum absolute atomic E-state index is 4.09. The van der Waals surface area contributed by atoms with Crippen molar-refractivity contribution in [3.05, 3.63) is 30.1 Å². The number of piperidine rings is 1. The lowest BCUT2D eigenvalue weighted by molar-refractivity contribution is 0.0785. The molecule has 0 radical (unpaired) electrons. The van der Waals surface area contributed by atoms with Crippen molar-refractivity contribution in [2.24, 2.45) is 5.92 Å². The van der Waals surface area contributed by atoms with Crippen molar-refractivity contribution in [1.82, 2.24) is 15.2 Å². The zero-order valence-corrected chi connectivity index (χ0v) is 12.5. The predicted octanol–water partition coefficient (Wildman–Crippen LogP) is 2.68. The first-order valence-electron chi connectivity index (χ1n) is 7.58. The molecule has 1 aliphatic rings. The van der Waals surface area contributed by atoms with Crippen LogP contribution in [0.3, 0.4) is 0 Å². The van der Waals surface area contributed by atoms with E-state index in [1.54, 1.807) is 0 Å². The van der Waals surface area contributed by atoms with Gasteiger partial charge in [-0.25, -0.2) is 0 Å². The van der Waals surface area contributed by atoms with Crippen LogP contribution in [0.5, 0.6) is 0 Å². The molecule has 0 saturated carbocycles. The molecule has 1 fully saturated rings. The van der Waals surface area contributed by atoms with Gasteiger partial charge in [0.1, 0.15) is 0 Å². The Morgan fingerprint density at radius 3 is 2.74 bits per heavy atom. The van der Waals surface area contributed by atoms with E-state index < -0.39 is 0 Å². The van der Waals surface area contributed by atoms with Crippen LogP contribution in [0.15, 0.2) is 24.5 Å². The molecule has 1 aliphatic heterocycles. The molecule has 1 aromatic rings. The van der Waals surface area contributed by atoms with Gasteiger partial charge in [-0.2, -0.15) is 0 Å². The molecule has 2 heterocycles. The second-order valence-electron chi connectivity index (χ2n) is 5.77. The summed E-state index contributed by atoms with van der Waals surface area (Å²) >= 11 is 0. The average molecular weight is 261 g/mol. The first-order valence-corrected chi connectivity index (χ1v) is 7.58. The highest BCUT2D eigenvalue weighted by Gasteiger charge is 2.31. The van der Waals surface area contributed by atoms with E-state index in [1.807, 2.05) is 12.4 Å². The lowest BCUT2D eigenvalue weighted by Gasteiger charge is -2.43. The van der Waals surface area contributed by atoms with Crippen LogP contribution in [-0.2, 0) is 6.54 Å². The molecule has 1 saturated heterocycles. The van der Waals surface area contributed by atoms with Gasteiger partial charge in [0, 0.05) is 37.6 Å². The summed E-state index contributed by atoms with van der Waals surface area (Å²) in [4.78, 5) is 6.69. The van der Waals surface area contributed by atoms with Gasteiger partial charge in [-0.1, -0.05) is 13.8 Å². The highest BCUT2D eigenvalue weighted by molar-refractivity contribution is 5.10. The second-order valence-corrected chi connectivity index (χ2v) is 5.77. The minimum absolute atomic E-state index is 0.635. The minimum Gasteiger partial charge on any atom is -0.314 e. The fourth-order valence-corrected chi connectivity index (χ4v) is 3.00. The van der Waals surface area contributed by atoms with E-state index in [1.165, 1.54) is 24.9 Å². The van der Waals surface area contributed by atoms with Gasteiger partial charge in [-0.05, 0) is 49.9 Å². The van der Waals surface area contributed by atoms with Crippen molar-refractivity contribution in [1.29, 1.82) is 0 Å². The van der Waals surface area contributed by atoms with Gasteiger partial charge in [0.2, 0.25) is 0 Å². The first kappa shape index (κ1) is 14.5. The largest absolute Gasteiger partial charge is 0.314 e. The molecule has 1 aromatic heterocycles. The van der Waals surface area contributed by atoms with Gasteiger partial charge in [-0.3, -0.25) is 9.88 Å². The van der Waals surface area contributed by atoms with Crippen LogP contribution in [-0.4, -0.2) is 35.1 Å². The van der Waals surface area contributed by atoms with Crippen LogP contribution in [0, 0.1) is 5.92 Å². The number of nitrogens with zero attached hydrogens (tertiary/aromatic N) is 2. The summed E-state index contributed by atoms with van der Waals surface area (Å²) in [7, 11) is 0. The smallest absolute Gasteiger partial charge is 0.0271 e. The molecule has 1 N–H and O–H groups in total. The summed E-state index contributed by atoms with van der Waals surface area (Å²) in [6.45, 7) is 10.4. The highest BCUT2D eigenvalue weighted by atomic mass is 15.2. The van der Waals surface area contributed by atoms with E-state index in [4.69, 9.17) is 0 Å². The third-order valence-corrected chi connectivity index (χ3v) is 4.49. The van der Waals surface area contributed by atoms with Crippen LogP contribution in [0.25, 0.3) is 0 Å². The maximum Gasteiger partial charge on any atom is 0.0271 e. The Morgan fingerprint density at radius 1 is 1.32 bits per heavy atom. The van der Waals surface area contributed by atoms with Crippen molar-refractivity contribution in [3.63, 3.8) is 0 Å². The topological polar surface area (TPSA) is 28.2 Å². The van der Waals surface area contributed by atoms with Gasteiger partial charge in [0.15, 0.2) is 0 Å². The highest BCUT2D eigenvalue weighted by Crippen LogP contribution is 2.25. The lowest BCUT2D eigenvalue weighted by atomic mass is 9.86. The Labute approximate surface area is 117 Å². The molecular weight excluding hydrogens is 234 g/mol. The number of hydrogen-bond donors (Lipinski definition) is 1. The average Bonchev–Trinajstić information content (AvgIpc) is 2.44. The van der Waals surface area contributed by atoms with Crippen LogP contribution in [0.2, 0.25) is 0 Å². The first-order chi connectivity index (χ1) is 9.22. The lowest BCUT2D eigenvalue weighted by Crippen LogP contribution is -2.53. The number of rotatable bonds is 5. The molecule has 3 unspecified atom stereocenters. The SMILES string of the molecule is CCCNC1CCN(Cc2ccncc2)C(C)C1C. The Kier molecular flexibility index (Phi) is 5.34. The summed E-state index contributed by atoms with van der Waals surface area (Å²) in [6, 6.07) is 5.57. The van der Waals surface area contributed by atoms with Gasteiger partial charge in [-0.15, -0.1) is 0 Å². The Morgan fingerprint density at radius 2 is 2.05 bits per heavy atom. The van der Waals surface area contributed by atoms with Crippen molar-refractivity contribution in [2.45, 2.75) is 52.2 Å². The zero-order valence-electron chi connectivity index (χ0n) is 12.5. The van der Waals surface area contributed by atoms with E-state index >= 15 is 0 Å². The number of hydrogen-bond acceptors (Lipinski definition) is 3. The van der Waals surface area contributed by atoms with Crippen LogP contribution in [0.4, 0.5) is 0 Å². The normalized spacial score (nSPS) is 28.5. The van der Waals surface area contributed by atoms with Crippen LogP contribution in [0.1, 0.15) is 39.2 Å². The third kappa shape index (κ3) is 3.77. The molecule has 0 aliphatic carbocycles. The van der Waals surface area contributed by atoms with Crippen molar-refractivity contribution in [3.8, 4) is 0 Å².